The van der Waals surface area contributed by atoms with Gasteiger partial charge in [-0.2, -0.15) is 0 Å². The van der Waals surface area contributed by atoms with Gasteiger partial charge in [0.1, 0.15) is 6.04 Å². The summed E-state index contributed by atoms with van der Waals surface area (Å²) < 4.78 is 5.30. The SMILES string of the molecule is COCC1(C(=O)N2CCCCC2C(N)=O)CCNCC1. The van der Waals surface area contributed by atoms with Crippen LogP contribution in [0.1, 0.15) is 32.1 Å². The minimum Gasteiger partial charge on any atom is -0.384 e. The largest absolute Gasteiger partial charge is 0.384 e. The molecule has 20 heavy (non-hydrogen) atoms. The van der Waals surface area contributed by atoms with Gasteiger partial charge in [-0.3, -0.25) is 9.59 Å². The highest BCUT2D eigenvalue weighted by Crippen LogP contribution is 2.34. The summed E-state index contributed by atoms with van der Waals surface area (Å²) in [6.45, 7) is 2.66. The highest BCUT2D eigenvalue weighted by Gasteiger charge is 2.45. The summed E-state index contributed by atoms with van der Waals surface area (Å²) in [6.07, 6.45) is 4.08. The number of ether oxygens (including phenoxy) is 1. The molecule has 0 bridgehead atoms. The second kappa shape index (κ2) is 6.54. The zero-order valence-electron chi connectivity index (χ0n) is 12.2. The molecule has 0 saturated carbocycles. The summed E-state index contributed by atoms with van der Waals surface area (Å²) in [4.78, 5) is 26.3. The van der Waals surface area contributed by atoms with Crippen molar-refractivity contribution in [2.24, 2.45) is 11.1 Å². The van der Waals surface area contributed by atoms with E-state index in [1.807, 2.05) is 0 Å². The minimum atomic E-state index is -0.495. The Morgan fingerprint density at radius 1 is 1.35 bits per heavy atom. The molecule has 0 spiro atoms. The van der Waals surface area contributed by atoms with Gasteiger partial charge in [0, 0.05) is 13.7 Å². The van der Waals surface area contributed by atoms with Crippen LogP contribution >= 0.6 is 0 Å². The van der Waals surface area contributed by atoms with Crippen LogP contribution in [0.25, 0.3) is 0 Å². The number of piperidine rings is 2. The van der Waals surface area contributed by atoms with Crippen molar-refractivity contribution in [3.8, 4) is 0 Å². The van der Waals surface area contributed by atoms with Crippen molar-refractivity contribution in [3.05, 3.63) is 0 Å². The second-order valence-electron chi connectivity index (χ2n) is 5.88. The van der Waals surface area contributed by atoms with E-state index in [1.165, 1.54) is 0 Å². The number of carbonyl (C=O) groups is 2. The van der Waals surface area contributed by atoms with Crippen LogP contribution in [0.3, 0.4) is 0 Å². The van der Waals surface area contributed by atoms with Crippen LogP contribution in [0.4, 0.5) is 0 Å². The molecule has 3 N–H and O–H groups in total. The average molecular weight is 283 g/mol. The fraction of sp³-hybridized carbons (Fsp3) is 0.857. The number of methoxy groups -OCH3 is 1. The molecule has 0 aromatic heterocycles. The molecule has 2 aliphatic heterocycles. The maximum absolute atomic E-state index is 13.0. The molecule has 0 radical (unpaired) electrons. The van der Waals surface area contributed by atoms with E-state index < -0.39 is 11.5 Å². The van der Waals surface area contributed by atoms with Gasteiger partial charge in [0.15, 0.2) is 0 Å². The lowest BCUT2D eigenvalue weighted by Crippen LogP contribution is -2.58. The highest BCUT2D eigenvalue weighted by atomic mass is 16.5. The van der Waals surface area contributed by atoms with Gasteiger partial charge in [-0.1, -0.05) is 0 Å². The van der Waals surface area contributed by atoms with E-state index in [0.29, 0.717) is 19.6 Å². The Labute approximate surface area is 120 Å². The Kier molecular flexibility index (Phi) is 4.99. The van der Waals surface area contributed by atoms with Crippen molar-refractivity contribution >= 4 is 11.8 Å². The van der Waals surface area contributed by atoms with Crippen molar-refractivity contribution in [1.29, 1.82) is 0 Å². The van der Waals surface area contributed by atoms with Crippen molar-refractivity contribution in [1.82, 2.24) is 10.2 Å². The lowest BCUT2D eigenvalue weighted by molar-refractivity contribution is -0.154. The van der Waals surface area contributed by atoms with Gasteiger partial charge in [0.2, 0.25) is 11.8 Å². The van der Waals surface area contributed by atoms with Gasteiger partial charge in [-0.25, -0.2) is 0 Å². The maximum atomic E-state index is 13.0. The third-order valence-corrected chi connectivity index (χ3v) is 4.53. The van der Waals surface area contributed by atoms with Crippen LogP contribution in [0.15, 0.2) is 0 Å². The summed E-state index contributed by atoms with van der Waals surface area (Å²) >= 11 is 0. The summed E-state index contributed by atoms with van der Waals surface area (Å²) in [5, 5.41) is 3.27. The van der Waals surface area contributed by atoms with E-state index in [2.05, 4.69) is 5.32 Å². The van der Waals surface area contributed by atoms with Crippen molar-refractivity contribution in [3.63, 3.8) is 0 Å². The molecule has 0 aromatic carbocycles. The second-order valence-corrected chi connectivity index (χ2v) is 5.88. The van der Waals surface area contributed by atoms with Gasteiger partial charge in [-0.05, 0) is 45.2 Å². The molecule has 2 saturated heterocycles. The maximum Gasteiger partial charge on any atom is 0.240 e. The van der Waals surface area contributed by atoms with E-state index in [9.17, 15) is 9.59 Å². The molecule has 1 unspecified atom stereocenters. The van der Waals surface area contributed by atoms with Crippen LogP contribution in [0.5, 0.6) is 0 Å². The number of amides is 2. The molecular formula is C14H25N3O3. The molecule has 2 aliphatic rings. The summed E-state index contributed by atoms with van der Waals surface area (Å²) in [6, 6.07) is -0.445. The zero-order chi connectivity index (χ0) is 14.6. The smallest absolute Gasteiger partial charge is 0.240 e. The summed E-state index contributed by atoms with van der Waals surface area (Å²) in [5.41, 5.74) is 4.97. The molecule has 2 rings (SSSR count). The van der Waals surface area contributed by atoms with Crippen molar-refractivity contribution in [2.45, 2.75) is 38.1 Å². The van der Waals surface area contributed by atoms with Crippen LogP contribution < -0.4 is 11.1 Å². The lowest BCUT2D eigenvalue weighted by atomic mass is 9.77. The number of hydrogen-bond acceptors (Lipinski definition) is 4. The third-order valence-electron chi connectivity index (χ3n) is 4.53. The van der Waals surface area contributed by atoms with Crippen LogP contribution in [-0.4, -0.2) is 56.1 Å². The van der Waals surface area contributed by atoms with Crippen molar-refractivity contribution in [2.75, 3.05) is 33.4 Å². The average Bonchev–Trinajstić information content (AvgIpc) is 2.47. The first-order valence-electron chi connectivity index (χ1n) is 7.41. The molecule has 6 heteroatoms. The third kappa shape index (κ3) is 2.96. The van der Waals surface area contributed by atoms with Crippen LogP contribution in [-0.2, 0) is 14.3 Å². The number of rotatable bonds is 4. The Morgan fingerprint density at radius 2 is 2.05 bits per heavy atom. The van der Waals surface area contributed by atoms with Gasteiger partial charge in [0.25, 0.3) is 0 Å². The van der Waals surface area contributed by atoms with Crippen LogP contribution in [0, 0.1) is 5.41 Å². The normalized spacial score (nSPS) is 26.2. The van der Waals surface area contributed by atoms with Crippen LogP contribution in [0.2, 0.25) is 0 Å². The number of nitrogens with one attached hydrogen (secondary N) is 1. The van der Waals surface area contributed by atoms with Gasteiger partial charge >= 0.3 is 0 Å². The summed E-state index contributed by atoms with van der Waals surface area (Å²) in [7, 11) is 1.62. The monoisotopic (exact) mass is 283 g/mol. The predicted molar refractivity (Wildman–Crippen MR) is 75.0 cm³/mol. The molecule has 2 heterocycles. The number of carbonyl (C=O) groups excluding carboxylic acids is 2. The van der Waals surface area contributed by atoms with E-state index in [0.717, 1.165) is 38.8 Å². The molecule has 1 atom stereocenters. The number of nitrogens with zero attached hydrogens (tertiary/aromatic N) is 1. The number of likely N-dealkylation sites (tertiary alicyclic amines) is 1. The molecule has 2 fully saturated rings. The zero-order valence-corrected chi connectivity index (χ0v) is 12.2. The molecule has 0 aliphatic carbocycles. The van der Waals surface area contributed by atoms with E-state index in [1.54, 1.807) is 12.0 Å². The molecule has 0 aromatic rings. The van der Waals surface area contributed by atoms with E-state index >= 15 is 0 Å². The van der Waals surface area contributed by atoms with Gasteiger partial charge < -0.3 is 20.7 Å². The van der Waals surface area contributed by atoms with Gasteiger partial charge in [-0.15, -0.1) is 0 Å². The standard InChI is InChI=1S/C14H25N3O3/c1-20-10-14(5-7-16-8-6-14)13(19)17-9-3-2-4-11(17)12(15)18/h11,16H,2-10H2,1H3,(H2,15,18). The molecule has 6 nitrogen and oxygen atoms in total. The van der Waals surface area contributed by atoms with E-state index in [-0.39, 0.29) is 11.8 Å². The molecular weight excluding hydrogens is 258 g/mol. The fourth-order valence-electron chi connectivity index (χ4n) is 3.38. The van der Waals surface area contributed by atoms with Gasteiger partial charge in [0.05, 0.1) is 12.0 Å². The number of primary amides is 1. The Balaban J connectivity index is 2.18. The molecule has 114 valence electrons. The summed E-state index contributed by atoms with van der Waals surface area (Å²) in [5.74, 6) is -0.344. The first-order valence-corrected chi connectivity index (χ1v) is 7.41. The topological polar surface area (TPSA) is 84.7 Å². The Bertz CT molecular complexity index is 361. The lowest BCUT2D eigenvalue weighted by Gasteiger charge is -2.43. The first kappa shape index (κ1) is 15.3. The first-order chi connectivity index (χ1) is 9.60. The fourth-order valence-corrected chi connectivity index (χ4v) is 3.38. The van der Waals surface area contributed by atoms with Crippen molar-refractivity contribution < 1.29 is 14.3 Å². The Morgan fingerprint density at radius 3 is 2.65 bits per heavy atom. The Hall–Kier alpha value is -1.14. The number of nitrogens with two attached hydrogens (primary N) is 1. The van der Waals surface area contributed by atoms with E-state index in [4.69, 9.17) is 10.5 Å². The highest BCUT2D eigenvalue weighted by molar-refractivity contribution is 5.89. The number of hydrogen-bond donors (Lipinski definition) is 2. The quantitative estimate of drug-likeness (QED) is 0.752. The molecule has 2 amide bonds. The minimum absolute atomic E-state index is 0.0457. The predicted octanol–water partition coefficient (Wildman–Crippen LogP) is -0.131.